The first-order valence-corrected chi connectivity index (χ1v) is 5.29. The van der Waals surface area contributed by atoms with Crippen LogP contribution in [0.15, 0.2) is 24.3 Å². The number of hydrogen-bond donors (Lipinski definition) is 2. The third-order valence-electron chi connectivity index (χ3n) is 2.32. The fourth-order valence-electron chi connectivity index (χ4n) is 1.35. The van der Waals surface area contributed by atoms with Gasteiger partial charge in [0.2, 0.25) is 5.91 Å². The van der Waals surface area contributed by atoms with Crippen LogP contribution in [0.4, 0.5) is 0 Å². The zero-order chi connectivity index (χ0) is 12.1. The number of hydrogen-bond acceptors (Lipinski definition) is 3. The molecule has 4 nitrogen and oxygen atoms in total. The maximum atomic E-state index is 10.8. The first-order chi connectivity index (χ1) is 7.52. The lowest BCUT2D eigenvalue weighted by molar-refractivity contribution is -0.119. The number of carbonyl (C=O) groups is 1. The third kappa shape index (κ3) is 3.24. The van der Waals surface area contributed by atoms with Gasteiger partial charge < -0.3 is 16.2 Å². The van der Waals surface area contributed by atoms with Crippen molar-refractivity contribution in [3.63, 3.8) is 0 Å². The SMILES string of the molecule is CC(C)c1ccccc1OCC(N)C(N)=O. The van der Waals surface area contributed by atoms with E-state index in [-0.39, 0.29) is 6.61 Å². The molecule has 1 atom stereocenters. The van der Waals surface area contributed by atoms with Crippen LogP contribution in [0.25, 0.3) is 0 Å². The summed E-state index contributed by atoms with van der Waals surface area (Å²) in [5.41, 5.74) is 11.6. The lowest BCUT2D eigenvalue weighted by atomic mass is 10.0. The molecule has 1 unspecified atom stereocenters. The van der Waals surface area contributed by atoms with Crippen molar-refractivity contribution in [2.45, 2.75) is 25.8 Å². The number of benzene rings is 1. The number of amides is 1. The van der Waals surface area contributed by atoms with Gasteiger partial charge in [0, 0.05) is 0 Å². The summed E-state index contributed by atoms with van der Waals surface area (Å²) < 4.78 is 5.50. The molecule has 88 valence electrons. The Balaban J connectivity index is 2.70. The molecule has 0 saturated carbocycles. The van der Waals surface area contributed by atoms with Gasteiger partial charge in [0.1, 0.15) is 18.4 Å². The van der Waals surface area contributed by atoms with E-state index in [2.05, 4.69) is 13.8 Å². The normalized spacial score (nSPS) is 12.5. The Kier molecular flexibility index (Phi) is 4.31. The second kappa shape index (κ2) is 5.51. The fourth-order valence-corrected chi connectivity index (χ4v) is 1.35. The van der Waals surface area contributed by atoms with Crippen molar-refractivity contribution in [3.05, 3.63) is 29.8 Å². The van der Waals surface area contributed by atoms with Gasteiger partial charge in [0.15, 0.2) is 0 Å². The highest BCUT2D eigenvalue weighted by Gasteiger charge is 2.12. The molecule has 0 radical (unpaired) electrons. The Labute approximate surface area is 95.6 Å². The van der Waals surface area contributed by atoms with Gasteiger partial charge in [-0.15, -0.1) is 0 Å². The molecule has 0 spiro atoms. The Morgan fingerprint density at radius 1 is 1.38 bits per heavy atom. The van der Waals surface area contributed by atoms with Gasteiger partial charge in [0.25, 0.3) is 0 Å². The lowest BCUT2D eigenvalue weighted by Crippen LogP contribution is -2.41. The summed E-state index contributed by atoms with van der Waals surface area (Å²) in [7, 11) is 0. The highest BCUT2D eigenvalue weighted by molar-refractivity contribution is 5.79. The molecule has 0 fully saturated rings. The molecule has 4 heteroatoms. The number of rotatable bonds is 5. The van der Waals surface area contributed by atoms with Gasteiger partial charge in [-0.25, -0.2) is 0 Å². The highest BCUT2D eigenvalue weighted by Crippen LogP contribution is 2.25. The highest BCUT2D eigenvalue weighted by atomic mass is 16.5. The van der Waals surface area contributed by atoms with Gasteiger partial charge in [-0.1, -0.05) is 32.0 Å². The summed E-state index contributed by atoms with van der Waals surface area (Å²) in [6, 6.07) is 6.94. The maximum Gasteiger partial charge on any atom is 0.237 e. The van der Waals surface area contributed by atoms with Crippen molar-refractivity contribution >= 4 is 5.91 Å². The summed E-state index contributed by atoms with van der Waals surface area (Å²) in [4.78, 5) is 10.8. The average molecular weight is 222 g/mol. The van der Waals surface area contributed by atoms with Gasteiger partial charge in [-0.3, -0.25) is 4.79 Å². The molecule has 4 N–H and O–H groups in total. The second-order valence-corrected chi connectivity index (χ2v) is 4.01. The number of carbonyl (C=O) groups excluding carboxylic acids is 1. The van der Waals surface area contributed by atoms with Crippen molar-refractivity contribution in [1.29, 1.82) is 0 Å². The zero-order valence-electron chi connectivity index (χ0n) is 9.64. The summed E-state index contributed by atoms with van der Waals surface area (Å²) in [6.07, 6.45) is 0. The molecule has 0 aromatic heterocycles. The van der Waals surface area contributed by atoms with E-state index in [1.165, 1.54) is 0 Å². The van der Waals surface area contributed by atoms with Crippen molar-refractivity contribution in [3.8, 4) is 5.75 Å². The Bertz CT molecular complexity index is 364. The molecule has 0 saturated heterocycles. The molecular formula is C12H18N2O2. The van der Waals surface area contributed by atoms with E-state index in [0.717, 1.165) is 11.3 Å². The largest absolute Gasteiger partial charge is 0.491 e. The van der Waals surface area contributed by atoms with Crippen LogP contribution in [0.3, 0.4) is 0 Å². The first kappa shape index (κ1) is 12.5. The van der Waals surface area contributed by atoms with Crippen molar-refractivity contribution in [2.24, 2.45) is 11.5 Å². The number of nitrogens with two attached hydrogens (primary N) is 2. The van der Waals surface area contributed by atoms with Crippen molar-refractivity contribution in [1.82, 2.24) is 0 Å². The fraction of sp³-hybridized carbons (Fsp3) is 0.417. The molecule has 0 bridgehead atoms. The molecule has 1 aromatic rings. The summed E-state index contributed by atoms with van der Waals surface area (Å²) in [5.74, 6) is 0.567. The minimum atomic E-state index is -0.764. The molecular weight excluding hydrogens is 204 g/mol. The van der Waals surface area contributed by atoms with Crippen LogP contribution in [0.1, 0.15) is 25.3 Å². The Morgan fingerprint density at radius 2 is 2.00 bits per heavy atom. The van der Waals surface area contributed by atoms with E-state index in [0.29, 0.717) is 5.92 Å². The molecule has 0 aliphatic rings. The Morgan fingerprint density at radius 3 is 2.56 bits per heavy atom. The first-order valence-electron chi connectivity index (χ1n) is 5.29. The van der Waals surface area contributed by atoms with Crippen molar-refractivity contribution in [2.75, 3.05) is 6.61 Å². The topological polar surface area (TPSA) is 78.3 Å². The summed E-state index contributed by atoms with van der Waals surface area (Å²) >= 11 is 0. The molecule has 1 rings (SSSR count). The molecule has 1 aromatic carbocycles. The zero-order valence-corrected chi connectivity index (χ0v) is 9.64. The van der Waals surface area contributed by atoms with Crippen LogP contribution in [0, 0.1) is 0 Å². The lowest BCUT2D eigenvalue weighted by Gasteiger charge is -2.15. The number of primary amides is 1. The van der Waals surface area contributed by atoms with E-state index < -0.39 is 11.9 Å². The molecule has 16 heavy (non-hydrogen) atoms. The molecule has 0 aliphatic carbocycles. The number of ether oxygens (including phenoxy) is 1. The van der Waals surface area contributed by atoms with Crippen LogP contribution in [-0.4, -0.2) is 18.6 Å². The maximum absolute atomic E-state index is 10.8. The predicted molar refractivity (Wildman–Crippen MR) is 63.2 cm³/mol. The van der Waals surface area contributed by atoms with Crippen LogP contribution < -0.4 is 16.2 Å². The number of para-hydroxylation sites is 1. The predicted octanol–water partition coefficient (Wildman–Crippen LogP) is 1.00. The average Bonchev–Trinajstić information content (AvgIpc) is 2.25. The monoisotopic (exact) mass is 222 g/mol. The van der Waals surface area contributed by atoms with Gasteiger partial charge in [-0.2, -0.15) is 0 Å². The van der Waals surface area contributed by atoms with E-state index in [4.69, 9.17) is 16.2 Å². The van der Waals surface area contributed by atoms with Crippen molar-refractivity contribution < 1.29 is 9.53 Å². The minimum absolute atomic E-state index is 0.110. The van der Waals surface area contributed by atoms with Crippen LogP contribution in [0.5, 0.6) is 5.75 Å². The minimum Gasteiger partial charge on any atom is -0.491 e. The van der Waals surface area contributed by atoms with Gasteiger partial charge >= 0.3 is 0 Å². The van der Waals surface area contributed by atoms with Gasteiger partial charge in [0.05, 0.1) is 0 Å². The molecule has 1 amide bonds. The van der Waals surface area contributed by atoms with Crippen LogP contribution in [0.2, 0.25) is 0 Å². The molecule has 0 aliphatic heterocycles. The van der Waals surface area contributed by atoms with Gasteiger partial charge in [-0.05, 0) is 17.5 Å². The standard InChI is InChI=1S/C12H18N2O2/c1-8(2)9-5-3-4-6-11(9)16-7-10(13)12(14)15/h3-6,8,10H,7,13H2,1-2H3,(H2,14,15). The van der Waals surface area contributed by atoms with E-state index in [1.807, 2.05) is 24.3 Å². The summed E-state index contributed by atoms with van der Waals surface area (Å²) in [6.45, 7) is 4.27. The summed E-state index contributed by atoms with van der Waals surface area (Å²) in [5, 5.41) is 0. The Hall–Kier alpha value is -1.55. The van der Waals surface area contributed by atoms with Crippen LogP contribution in [-0.2, 0) is 4.79 Å². The van der Waals surface area contributed by atoms with E-state index in [1.54, 1.807) is 0 Å². The quantitative estimate of drug-likeness (QED) is 0.780. The molecule has 0 heterocycles. The smallest absolute Gasteiger partial charge is 0.237 e. The van der Waals surface area contributed by atoms with E-state index >= 15 is 0 Å². The van der Waals surface area contributed by atoms with Crippen LogP contribution >= 0.6 is 0 Å². The third-order valence-corrected chi connectivity index (χ3v) is 2.32. The van der Waals surface area contributed by atoms with E-state index in [9.17, 15) is 4.79 Å². The second-order valence-electron chi connectivity index (χ2n) is 4.01.